The Hall–Kier alpha value is -2.31. The Morgan fingerprint density at radius 2 is 1.75 bits per heavy atom. The Kier molecular flexibility index (Phi) is 6.91. The van der Waals surface area contributed by atoms with Gasteiger partial charge in [-0.25, -0.2) is 0 Å². The molecule has 0 saturated carbocycles. The van der Waals surface area contributed by atoms with Crippen LogP contribution in [0.2, 0.25) is 0 Å². The van der Waals surface area contributed by atoms with Crippen LogP contribution in [0.4, 0.5) is 5.69 Å². The van der Waals surface area contributed by atoms with Crippen molar-refractivity contribution in [1.82, 2.24) is 0 Å². The number of hydrogen-bond acceptors (Lipinski definition) is 4. The summed E-state index contributed by atoms with van der Waals surface area (Å²) in [6.07, 6.45) is 0. The highest BCUT2D eigenvalue weighted by atomic mass is 16.5. The predicted octanol–water partition coefficient (Wildman–Crippen LogP) is 3.19. The third kappa shape index (κ3) is 5.36. The van der Waals surface area contributed by atoms with E-state index in [4.69, 9.17) is 9.39 Å². The standard InChI is InChI=1S/C22H30BNO4/c1-7-27-17-13-11-16(12-14-17)20(25)24-19-10-8-9-18(15(19)2)23-28-22(5,6)21(3,4)26/h8-14,23,26H,7H2,1-6H3,(H,24,25). The van der Waals surface area contributed by atoms with Crippen molar-refractivity contribution in [3.05, 3.63) is 53.6 Å². The van der Waals surface area contributed by atoms with E-state index in [-0.39, 0.29) is 5.91 Å². The summed E-state index contributed by atoms with van der Waals surface area (Å²) < 4.78 is 11.4. The molecule has 2 aromatic carbocycles. The van der Waals surface area contributed by atoms with Crippen LogP contribution in [-0.2, 0) is 4.65 Å². The summed E-state index contributed by atoms with van der Waals surface area (Å²) in [5.74, 6) is 0.560. The van der Waals surface area contributed by atoms with Crippen molar-refractivity contribution < 1.29 is 19.3 Å². The molecular weight excluding hydrogens is 353 g/mol. The maximum atomic E-state index is 12.6. The lowest BCUT2D eigenvalue weighted by Crippen LogP contribution is -2.49. The molecule has 0 radical (unpaired) electrons. The first kappa shape index (κ1) is 22.0. The van der Waals surface area contributed by atoms with Gasteiger partial charge in [0.2, 0.25) is 0 Å². The van der Waals surface area contributed by atoms with Crippen molar-refractivity contribution >= 4 is 24.5 Å². The van der Waals surface area contributed by atoms with Crippen LogP contribution in [0.25, 0.3) is 0 Å². The van der Waals surface area contributed by atoms with Gasteiger partial charge in [-0.3, -0.25) is 4.79 Å². The number of rotatable bonds is 8. The monoisotopic (exact) mass is 383 g/mol. The van der Waals surface area contributed by atoms with Gasteiger partial charge in [-0.05, 0) is 82.9 Å². The topological polar surface area (TPSA) is 67.8 Å². The Morgan fingerprint density at radius 1 is 1.11 bits per heavy atom. The number of anilines is 1. The Bertz CT molecular complexity index is 810. The number of aliphatic hydroxyl groups is 1. The molecule has 150 valence electrons. The van der Waals surface area contributed by atoms with E-state index in [0.29, 0.717) is 19.7 Å². The number of carbonyl (C=O) groups is 1. The number of ether oxygens (including phenoxy) is 1. The second kappa shape index (κ2) is 8.80. The molecule has 2 N–H and O–H groups in total. The average molecular weight is 383 g/mol. The first-order valence-corrected chi connectivity index (χ1v) is 9.54. The van der Waals surface area contributed by atoms with Gasteiger partial charge >= 0.3 is 7.48 Å². The molecule has 0 aliphatic carbocycles. The lowest BCUT2D eigenvalue weighted by molar-refractivity contribution is -0.0893. The fourth-order valence-electron chi connectivity index (χ4n) is 2.47. The van der Waals surface area contributed by atoms with Gasteiger partial charge in [0.05, 0.1) is 17.8 Å². The van der Waals surface area contributed by atoms with E-state index < -0.39 is 11.2 Å². The van der Waals surface area contributed by atoms with Gasteiger partial charge < -0.3 is 19.8 Å². The lowest BCUT2D eigenvalue weighted by atomic mass is 9.80. The maximum absolute atomic E-state index is 12.6. The molecule has 6 heteroatoms. The molecule has 0 heterocycles. The highest BCUT2D eigenvalue weighted by Crippen LogP contribution is 2.24. The molecule has 0 fully saturated rings. The van der Waals surface area contributed by atoms with Crippen LogP contribution in [0.5, 0.6) is 5.75 Å². The fourth-order valence-corrected chi connectivity index (χ4v) is 2.47. The summed E-state index contributed by atoms with van der Waals surface area (Å²) >= 11 is 0. The number of hydrogen-bond donors (Lipinski definition) is 2. The Morgan fingerprint density at radius 3 is 2.32 bits per heavy atom. The zero-order valence-electron chi connectivity index (χ0n) is 17.6. The van der Waals surface area contributed by atoms with E-state index in [1.54, 1.807) is 38.1 Å². The van der Waals surface area contributed by atoms with Crippen molar-refractivity contribution in [3.8, 4) is 5.75 Å². The fraction of sp³-hybridized carbons (Fsp3) is 0.409. The first-order valence-electron chi connectivity index (χ1n) is 9.54. The molecule has 0 bridgehead atoms. The van der Waals surface area contributed by atoms with E-state index in [9.17, 15) is 9.90 Å². The summed E-state index contributed by atoms with van der Waals surface area (Å²) in [5.41, 5.74) is 1.52. The Labute approximate surface area is 168 Å². The summed E-state index contributed by atoms with van der Waals surface area (Å²) in [7, 11) is 0.343. The molecule has 0 aliphatic heterocycles. The molecule has 1 amide bonds. The second-order valence-corrected chi connectivity index (χ2v) is 7.86. The molecule has 2 rings (SSSR count). The first-order chi connectivity index (χ1) is 13.0. The number of nitrogens with one attached hydrogen (secondary N) is 1. The molecule has 0 unspecified atom stereocenters. The van der Waals surface area contributed by atoms with Crippen molar-refractivity contribution in [2.45, 2.75) is 52.7 Å². The average Bonchev–Trinajstić information content (AvgIpc) is 2.62. The zero-order chi connectivity index (χ0) is 20.9. The van der Waals surface area contributed by atoms with E-state index in [0.717, 1.165) is 22.5 Å². The second-order valence-electron chi connectivity index (χ2n) is 7.86. The van der Waals surface area contributed by atoms with E-state index in [1.807, 2.05) is 45.9 Å². The van der Waals surface area contributed by atoms with Crippen molar-refractivity contribution in [3.63, 3.8) is 0 Å². The highest BCUT2D eigenvalue weighted by Gasteiger charge is 2.35. The van der Waals surface area contributed by atoms with E-state index in [1.165, 1.54) is 0 Å². The number of carbonyl (C=O) groups excluding carboxylic acids is 1. The maximum Gasteiger partial charge on any atom is 0.309 e. The molecule has 0 spiro atoms. The molecule has 2 aromatic rings. The van der Waals surface area contributed by atoms with Crippen LogP contribution in [0.15, 0.2) is 42.5 Å². The van der Waals surface area contributed by atoms with Crippen molar-refractivity contribution in [1.29, 1.82) is 0 Å². The minimum Gasteiger partial charge on any atom is -0.494 e. The SMILES string of the molecule is CCOc1ccc(C(=O)Nc2cccc(BOC(C)(C)C(C)(C)O)c2C)cc1. The molecule has 0 atom stereocenters. The highest BCUT2D eigenvalue weighted by molar-refractivity contribution is 6.48. The number of benzene rings is 2. The molecule has 5 nitrogen and oxygen atoms in total. The summed E-state index contributed by atoms with van der Waals surface area (Å²) in [6.45, 7) is 11.6. The van der Waals surface area contributed by atoms with Crippen LogP contribution >= 0.6 is 0 Å². The van der Waals surface area contributed by atoms with E-state index >= 15 is 0 Å². The summed E-state index contributed by atoms with van der Waals surface area (Å²) in [4.78, 5) is 12.6. The molecule has 28 heavy (non-hydrogen) atoms. The minimum atomic E-state index is -0.972. The Balaban J connectivity index is 2.10. The van der Waals surface area contributed by atoms with Gasteiger partial charge in [0.15, 0.2) is 0 Å². The van der Waals surface area contributed by atoms with Gasteiger partial charge in [-0.1, -0.05) is 12.1 Å². The largest absolute Gasteiger partial charge is 0.494 e. The summed E-state index contributed by atoms with van der Waals surface area (Å²) in [6, 6.07) is 12.8. The van der Waals surface area contributed by atoms with Crippen LogP contribution < -0.4 is 15.5 Å². The smallest absolute Gasteiger partial charge is 0.309 e. The number of amides is 1. The van der Waals surface area contributed by atoms with Gasteiger partial charge in [0.25, 0.3) is 5.91 Å². The third-order valence-corrected chi connectivity index (χ3v) is 5.18. The molecule has 0 saturated heterocycles. The zero-order valence-corrected chi connectivity index (χ0v) is 17.6. The van der Waals surface area contributed by atoms with Crippen LogP contribution in [0.3, 0.4) is 0 Å². The van der Waals surface area contributed by atoms with Crippen LogP contribution in [0, 0.1) is 6.92 Å². The third-order valence-electron chi connectivity index (χ3n) is 5.18. The van der Waals surface area contributed by atoms with Crippen LogP contribution in [-0.4, -0.2) is 36.3 Å². The lowest BCUT2D eigenvalue weighted by Gasteiger charge is -2.37. The predicted molar refractivity (Wildman–Crippen MR) is 115 cm³/mol. The molecule has 0 aliphatic rings. The van der Waals surface area contributed by atoms with Crippen LogP contribution in [0.1, 0.15) is 50.5 Å². The molecule has 0 aromatic heterocycles. The quantitative estimate of drug-likeness (QED) is 0.687. The molecular formula is C22H30BNO4. The summed E-state index contributed by atoms with van der Waals surface area (Å²) in [5, 5.41) is 13.2. The van der Waals surface area contributed by atoms with Crippen molar-refractivity contribution in [2.24, 2.45) is 0 Å². The normalized spacial score (nSPS) is 11.8. The van der Waals surface area contributed by atoms with Gasteiger partial charge in [-0.2, -0.15) is 0 Å². The van der Waals surface area contributed by atoms with E-state index in [2.05, 4.69) is 5.32 Å². The minimum absolute atomic E-state index is 0.180. The van der Waals surface area contributed by atoms with Crippen molar-refractivity contribution in [2.75, 3.05) is 11.9 Å². The van der Waals surface area contributed by atoms with Gasteiger partial charge in [-0.15, -0.1) is 0 Å². The van der Waals surface area contributed by atoms with Gasteiger partial charge in [0, 0.05) is 11.3 Å². The van der Waals surface area contributed by atoms with Gasteiger partial charge in [0.1, 0.15) is 5.75 Å².